The number of hydrogen-bond acceptors (Lipinski definition) is 4. The predicted molar refractivity (Wildman–Crippen MR) is 143 cm³/mol. The minimum atomic E-state index is -0.134. The number of rotatable bonds is 6. The fourth-order valence-electron chi connectivity index (χ4n) is 2.86. The Morgan fingerprint density at radius 3 is 1.15 bits per heavy atom. The number of nitrogens with two attached hydrogens (primary N) is 2. The molecule has 3 aromatic rings. The van der Waals surface area contributed by atoms with E-state index in [1.165, 1.54) is 13.8 Å². The minimum absolute atomic E-state index is 0. The van der Waals surface area contributed by atoms with Gasteiger partial charge in [0.15, 0.2) is 0 Å². The number of carbonyl (C=O) groups is 2. The van der Waals surface area contributed by atoms with Gasteiger partial charge in [0, 0.05) is 36.3 Å². The second-order valence-corrected chi connectivity index (χ2v) is 7.03. The molecule has 0 heterocycles. The minimum Gasteiger partial charge on any atom is -0.383 e. The smallest absolute Gasteiger partial charge is 0.221 e. The van der Waals surface area contributed by atoms with E-state index in [2.05, 4.69) is 20.6 Å². The van der Waals surface area contributed by atoms with Gasteiger partial charge in [-0.25, -0.2) is 9.98 Å². The SMILES string of the molecule is CC(=O)Nc1ccc(N=C(N)c2ccc(C(N)=Nc3ccc(NC(C)=O)cc3)cc2)cc1.Cl.Cl. The summed E-state index contributed by atoms with van der Waals surface area (Å²) in [5.41, 5.74) is 16.5. The first kappa shape index (κ1) is 28.2. The number of nitrogens with zero attached hydrogens (tertiary/aromatic N) is 2. The van der Waals surface area contributed by atoms with Crippen molar-refractivity contribution in [1.29, 1.82) is 0 Å². The van der Waals surface area contributed by atoms with Gasteiger partial charge in [-0.2, -0.15) is 0 Å². The standard InChI is InChI=1S/C24H24N6O2.2ClH/c1-15(31)27-19-7-11-21(12-8-19)29-23(25)17-3-5-18(6-4-17)24(26)30-22-13-9-20(10-14-22)28-16(2)32;;/h3-14H,1-2H3,(H2,25,29)(H2,26,30)(H,27,31)(H,28,32);2*1H. The zero-order chi connectivity index (χ0) is 23.1. The van der Waals surface area contributed by atoms with E-state index in [4.69, 9.17) is 11.5 Å². The summed E-state index contributed by atoms with van der Waals surface area (Å²) in [7, 11) is 0. The Kier molecular flexibility index (Phi) is 10.7. The van der Waals surface area contributed by atoms with Crippen molar-refractivity contribution in [2.24, 2.45) is 21.5 Å². The van der Waals surface area contributed by atoms with E-state index in [9.17, 15) is 9.59 Å². The molecule has 10 heteroatoms. The molecule has 0 aromatic heterocycles. The van der Waals surface area contributed by atoms with Crippen molar-refractivity contribution in [3.05, 3.63) is 83.9 Å². The number of benzene rings is 3. The molecule has 0 atom stereocenters. The van der Waals surface area contributed by atoms with Crippen LogP contribution in [0.4, 0.5) is 22.7 Å². The first-order valence-electron chi connectivity index (χ1n) is 9.84. The largest absolute Gasteiger partial charge is 0.383 e. The fraction of sp³-hybridized carbons (Fsp3) is 0.0833. The molecule has 0 radical (unpaired) electrons. The summed E-state index contributed by atoms with van der Waals surface area (Å²) in [4.78, 5) is 31.0. The maximum atomic E-state index is 11.1. The van der Waals surface area contributed by atoms with Crippen LogP contribution in [0.1, 0.15) is 25.0 Å². The molecule has 0 saturated heterocycles. The highest BCUT2D eigenvalue weighted by Crippen LogP contribution is 2.19. The molecule has 0 spiro atoms. The lowest BCUT2D eigenvalue weighted by atomic mass is 10.1. The van der Waals surface area contributed by atoms with Crippen molar-refractivity contribution in [1.82, 2.24) is 0 Å². The van der Waals surface area contributed by atoms with Crippen molar-refractivity contribution < 1.29 is 9.59 Å². The molecule has 3 aromatic carbocycles. The van der Waals surface area contributed by atoms with Crippen molar-refractivity contribution in [3.63, 3.8) is 0 Å². The molecule has 3 rings (SSSR count). The molecular weight excluding hydrogens is 475 g/mol. The van der Waals surface area contributed by atoms with Gasteiger partial charge in [-0.3, -0.25) is 9.59 Å². The zero-order valence-corrected chi connectivity index (χ0v) is 20.2. The lowest BCUT2D eigenvalue weighted by Gasteiger charge is -2.06. The lowest BCUT2D eigenvalue weighted by molar-refractivity contribution is -0.115. The molecule has 34 heavy (non-hydrogen) atoms. The molecule has 0 saturated carbocycles. The van der Waals surface area contributed by atoms with Crippen LogP contribution in [-0.2, 0) is 9.59 Å². The van der Waals surface area contributed by atoms with E-state index >= 15 is 0 Å². The van der Waals surface area contributed by atoms with E-state index < -0.39 is 0 Å². The summed E-state index contributed by atoms with van der Waals surface area (Å²) < 4.78 is 0. The normalized spacial score (nSPS) is 11.0. The summed E-state index contributed by atoms with van der Waals surface area (Å²) in [6.45, 7) is 2.91. The third-order valence-corrected chi connectivity index (χ3v) is 4.35. The molecule has 8 nitrogen and oxygen atoms in total. The highest BCUT2D eigenvalue weighted by Gasteiger charge is 2.04. The van der Waals surface area contributed by atoms with Gasteiger partial charge in [-0.1, -0.05) is 24.3 Å². The number of amidine groups is 2. The van der Waals surface area contributed by atoms with E-state index in [1.807, 2.05) is 24.3 Å². The molecule has 0 aliphatic rings. The third kappa shape index (κ3) is 8.23. The van der Waals surface area contributed by atoms with Gasteiger partial charge in [-0.05, 0) is 48.5 Å². The molecule has 0 unspecified atom stereocenters. The Labute approximate surface area is 210 Å². The average molecular weight is 501 g/mol. The van der Waals surface area contributed by atoms with Gasteiger partial charge in [-0.15, -0.1) is 24.8 Å². The average Bonchev–Trinajstić information content (AvgIpc) is 2.76. The first-order valence-corrected chi connectivity index (χ1v) is 9.84. The van der Waals surface area contributed by atoms with Gasteiger partial charge in [0.25, 0.3) is 0 Å². The molecule has 0 aliphatic carbocycles. The molecule has 0 aliphatic heterocycles. The summed E-state index contributed by atoms with van der Waals surface area (Å²) in [6.07, 6.45) is 0. The Morgan fingerprint density at radius 2 is 0.882 bits per heavy atom. The van der Waals surface area contributed by atoms with Gasteiger partial charge >= 0.3 is 0 Å². The molecular formula is C24H26Cl2N6O2. The van der Waals surface area contributed by atoms with Crippen LogP contribution < -0.4 is 22.1 Å². The van der Waals surface area contributed by atoms with Crippen LogP contribution in [0.3, 0.4) is 0 Å². The topological polar surface area (TPSA) is 135 Å². The highest BCUT2D eigenvalue weighted by molar-refractivity contribution is 6.02. The molecule has 178 valence electrons. The summed E-state index contributed by atoms with van der Waals surface area (Å²) >= 11 is 0. The van der Waals surface area contributed by atoms with E-state index in [-0.39, 0.29) is 36.6 Å². The Balaban J connectivity index is 0.00000289. The van der Waals surface area contributed by atoms with Gasteiger partial charge in [0.1, 0.15) is 11.7 Å². The number of amides is 2. The lowest BCUT2D eigenvalue weighted by Crippen LogP contribution is -2.15. The zero-order valence-electron chi connectivity index (χ0n) is 18.6. The molecule has 0 fully saturated rings. The summed E-state index contributed by atoms with van der Waals surface area (Å²) in [5.74, 6) is 0.442. The Bertz CT molecular complexity index is 1080. The fourth-order valence-corrected chi connectivity index (χ4v) is 2.86. The quantitative estimate of drug-likeness (QED) is 0.292. The Hall–Kier alpha value is -3.88. The van der Waals surface area contributed by atoms with Gasteiger partial charge < -0.3 is 22.1 Å². The van der Waals surface area contributed by atoms with Crippen LogP contribution in [0.15, 0.2) is 82.8 Å². The van der Waals surface area contributed by atoms with E-state index in [0.29, 0.717) is 34.4 Å². The van der Waals surface area contributed by atoms with Crippen LogP contribution in [-0.4, -0.2) is 23.5 Å². The Morgan fingerprint density at radius 1 is 0.588 bits per heavy atom. The van der Waals surface area contributed by atoms with Crippen LogP contribution >= 0.6 is 24.8 Å². The molecule has 0 bridgehead atoms. The van der Waals surface area contributed by atoms with Gasteiger partial charge in [0.2, 0.25) is 11.8 Å². The first-order chi connectivity index (χ1) is 15.3. The third-order valence-electron chi connectivity index (χ3n) is 4.35. The second-order valence-electron chi connectivity index (χ2n) is 7.03. The van der Waals surface area contributed by atoms with Crippen molar-refractivity contribution >= 4 is 71.0 Å². The van der Waals surface area contributed by atoms with E-state index in [0.717, 1.165) is 11.1 Å². The van der Waals surface area contributed by atoms with Crippen LogP contribution in [0.25, 0.3) is 0 Å². The monoisotopic (exact) mass is 500 g/mol. The number of carbonyl (C=O) groups excluding carboxylic acids is 2. The number of anilines is 2. The van der Waals surface area contributed by atoms with E-state index in [1.54, 1.807) is 48.5 Å². The number of aliphatic imine (C=N–C) groups is 2. The van der Waals surface area contributed by atoms with Crippen molar-refractivity contribution in [2.75, 3.05) is 10.6 Å². The van der Waals surface area contributed by atoms with Crippen molar-refractivity contribution in [2.45, 2.75) is 13.8 Å². The summed E-state index contributed by atoms with van der Waals surface area (Å²) in [6, 6.07) is 21.4. The molecule has 2 amide bonds. The summed E-state index contributed by atoms with van der Waals surface area (Å²) in [5, 5.41) is 5.41. The number of halogens is 2. The van der Waals surface area contributed by atoms with Crippen LogP contribution in [0.2, 0.25) is 0 Å². The number of nitrogens with one attached hydrogen (secondary N) is 2. The van der Waals surface area contributed by atoms with Crippen LogP contribution in [0, 0.1) is 0 Å². The highest BCUT2D eigenvalue weighted by atomic mass is 35.5. The number of hydrogen-bond donors (Lipinski definition) is 4. The van der Waals surface area contributed by atoms with Crippen molar-refractivity contribution in [3.8, 4) is 0 Å². The van der Waals surface area contributed by atoms with Gasteiger partial charge in [0.05, 0.1) is 11.4 Å². The predicted octanol–water partition coefficient (Wildman–Crippen LogP) is 4.52. The maximum absolute atomic E-state index is 11.1. The molecule has 6 N–H and O–H groups in total. The van der Waals surface area contributed by atoms with Crippen LogP contribution in [0.5, 0.6) is 0 Å². The maximum Gasteiger partial charge on any atom is 0.221 e. The second kappa shape index (κ2) is 13.0.